The summed E-state index contributed by atoms with van der Waals surface area (Å²) in [6.07, 6.45) is 3.05. The Morgan fingerprint density at radius 3 is 2.71 bits per heavy atom. The summed E-state index contributed by atoms with van der Waals surface area (Å²) in [5.74, 6) is -0.323. The van der Waals surface area contributed by atoms with E-state index < -0.39 is 5.91 Å². The van der Waals surface area contributed by atoms with E-state index in [-0.39, 0.29) is 18.4 Å². The molecule has 0 aliphatic heterocycles. The second kappa shape index (κ2) is 4.95. The Morgan fingerprint density at radius 2 is 2.21 bits per heavy atom. The number of hydroxylamine groups is 1. The molecule has 0 aromatic carbocycles. The standard InChI is InChI=1S/C9H16N2O3/c1-6-3-2-4-7(6)9(13)11-14-5-8(10)12/h6-7H,2-5H2,1H3,(H2,10,12)(H,11,13). The number of carbonyl (C=O) groups is 2. The molecule has 3 N–H and O–H groups in total. The molecule has 0 radical (unpaired) electrons. The third kappa shape index (κ3) is 2.99. The minimum atomic E-state index is -0.593. The van der Waals surface area contributed by atoms with Crippen LogP contribution in [0.5, 0.6) is 0 Å². The molecule has 2 amide bonds. The minimum absolute atomic E-state index is 0.0166. The number of rotatable bonds is 4. The second-order valence-corrected chi connectivity index (χ2v) is 3.74. The molecule has 5 heteroatoms. The van der Waals surface area contributed by atoms with Crippen LogP contribution in [0.2, 0.25) is 0 Å². The normalized spacial score (nSPS) is 26.1. The van der Waals surface area contributed by atoms with E-state index in [2.05, 4.69) is 10.3 Å². The number of nitrogens with two attached hydrogens (primary N) is 1. The van der Waals surface area contributed by atoms with Crippen LogP contribution < -0.4 is 11.2 Å². The van der Waals surface area contributed by atoms with E-state index in [1.54, 1.807) is 0 Å². The fourth-order valence-corrected chi connectivity index (χ4v) is 1.79. The number of hydrogen-bond donors (Lipinski definition) is 2. The first-order valence-corrected chi connectivity index (χ1v) is 4.81. The smallest absolute Gasteiger partial charge is 0.246 e. The lowest BCUT2D eigenvalue weighted by atomic mass is 9.98. The van der Waals surface area contributed by atoms with Gasteiger partial charge in [0.1, 0.15) is 0 Å². The molecule has 5 nitrogen and oxygen atoms in total. The first kappa shape index (κ1) is 11.0. The van der Waals surface area contributed by atoms with E-state index in [9.17, 15) is 9.59 Å². The molecule has 0 spiro atoms. The predicted molar refractivity (Wildman–Crippen MR) is 49.8 cm³/mol. The summed E-state index contributed by atoms with van der Waals surface area (Å²) in [4.78, 5) is 26.4. The van der Waals surface area contributed by atoms with Crippen molar-refractivity contribution in [1.29, 1.82) is 0 Å². The fourth-order valence-electron chi connectivity index (χ4n) is 1.79. The van der Waals surface area contributed by atoms with E-state index >= 15 is 0 Å². The minimum Gasteiger partial charge on any atom is -0.368 e. The van der Waals surface area contributed by atoms with Gasteiger partial charge in [-0.05, 0) is 18.8 Å². The lowest BCUT2D eigenvalue weighted by Gasteiger charge is -2.14. The van der Waals surface area contributed by atoms with Crippen molar-refractivity contribution >= 4 is 11.8 Å². The van der Waals surface area contributed by atoms with Crippen LogP contribution in [0.1, 0.15) is 26.2 Å². The van der Waals surface area contributed by atoms with Gasteiger partial charge in [0, 0.05) is 5.92 Å². The molecule has 2 atom stereocenters. The molecule has 2 unspecified atom stereocenters. The highest BCUT2D eigenvalue weighted by atomic mass is 16.7. The molecule has 1 aliphatic rings. The van der Waals surface area contributed by atoms with E-state index in [0.29, 0.717) is 5.92 Å². The van der Waals surface area contributed by atoms with Crippen molar-refractivity contribution in [2.45, 2.75) is 26.2 Å². The van der Waals surface area contributed by atoms with Crippen LogP contribution >= 0.6 is 0 Å². The summed E-state index contributed by atoms with van der Waals surface area (Å²) in [6.45, 7) is 1.78. The van der Waals surface area contributed by atoms with Gasteiger partial charge in [0.05, 0.1) is 0 Å². The Balaban J connectivity index is 2.24. The maximum absolute atomic E-state index is 11.4. The van der Waals surface area contributed by atoms with Crippen molar-refractivity contribution in [3.05, 3.63) is 0 Å². The Labute approximate surface area is 82.9 Å². The lowest BCUT2D eigenvalue weighted by Crippen LogP contribution is -2.34. The third-order valence-corrected chi connectivity index (χ3v) is 2.59. The lowest BCUT2D eigenvalue weighted by molar-refractivity contribution is -0.142. The van der Waals surface area contributed by atoms with Crippen LogP contribution in [0.25, 0.3) is 0 Å². The molecule has 0 aromatic heterocycles. The molecule has 1 fully saturated rings. The summed E-state index contributed by atoms with van der Waals surface area (Å²) in [5.41, 5.74) is 7.09. The van der Waals surface area contributed by atoms with Crippen molar-refractivity contribution in [3.63, 3.8) is 0 Å². The van der Waals surface area contributed by atoms with Crippen molar-refractivity contribution in [1.82, 2.24) is 5.48 Å². The molecule has 80 valence electrons. The van der Waals surface area contributed by atoms with Crippen LogP contribution in [0.15, 0.2) is 0 Å². The second-order valence-electron chi connectivity index (χ2n) is 3.74. The third-order valence-electron chi connectivity index (χ3n) is 2.59. The summed E-state index contributed by atoms with van der Waals surface area (Å²) >= 11 is 0. The number of nitrogens with one attached hydrogen (secondary N) is 1. The molecule has 0 saturated heterocycles. The van der Waals surface area contributed by atoms with Crippen LogP contribution in [0.4, 0.5) is 0 Å². The average molecular weight is 200 g/mol. The van der Waals surface area contributed by atoms with Gasteiger partial charge >= 0.3 is 0 Å². The highest BCUT2D eigenvalue weighted by Gasteiger charge is 2.29. The van der Waals surface area contributed by atoms with E-state index in [1.165, 1.54) is 0 Å². The SMILES string of the molecule is CC1CCCC1C(=O)NOCC(N)=O. The largest absolute Gasteiger partial charge is 0.368 e. The molecular weight excluding hydrogens is 184 g/mol. The molecule has 1 saturated carbocycles. The molecule has 0 heterocycles. The van der Waals surface area contributed by atoms with Gasteiger partial charge in [0.2, 0.25) is 11.8 Å². The van der Waals surface area contributed by atoms with E-state index in [0.717, 1.165) is 19.3 Å². The number of hydrogen-bond acceptors (Lipinski definition) is 3. The van der Waals surface area contributed by atoms with Crippen molar-refractivity contribution in [3.8, 4) is 0 Å². The average Bonchev–Trinajstić information content (AvgIpc) is 2.50. The number of amides is 2. The summed E-state index contributed by atoms with van der Waals surface area (Å²) in [6, 6.07) is 0. The van der Waals surface area contributed by atoms with Crippen LogP contribution in [0.3, 0.4) is 0 Å². The van der Waals surface area contributed by atoms with Gasteiger partial charge in [-0.3, -0.25) is 14.4 Å². The van der Waals surface area contributed by atoms with Gasteiger partial charge < -0.3 is 5.73 Å². The quantitative estimate of drug-likeness (QED) is 0.624. The fraction of sp³-hybridized carbons (Fsp3) is 0.778. The maximum Gasteiger partial charge on any atom is 0.246 e. The molecule has 1 aliphatic carbocycles. The highest BCUT2D eigenvalue weighted by Crippen LogP contribution is 2.30. The maximum atomic E-state index is 11.4. The van der Waals surface area contributed by atoms with Crippen molar-refractivity contribution in [2.75, 3.05) is 6.61 Å². The van der Waals surface area contributed by atoms with Crippen LogP contribution in [-0.4, -0.2) is 18.4 Å². The monoisotopic (exact) mass is 200 g/mol. The molecular formula is C9H16N2O3. The highest BCUT2D eigenvalue weighted by molar-refractivity contribution is 5.79. The van der Waals surface area contributed by atoms with Crippen LogP contribution in [0, 0.1) is 11.8 Å². The summed E-state index contributed by atoms with van der Waals surface area (Å²) in [7, 11) is 0. The van der Waals surface area contributed by atoms with Crippen LogP contribution in [-0.2, 0) is 14.4 Å². The zero-order chi connectivity index (χ0) is 10.6. The topological polar surface area (TPSA) is 81.4 Å². The van der Waals surface area contributed by atoms with Gasteiger partial charge in [0.15, 0.2) is 6.61 Å². The first-order valence-electron chi connectivity index (χ1n) is 4.81. The van der Waals surface area contributed by atoms with Gasteiger partial charge in [-0.25, -0.2) is 5.48 Å². The predicted octanol–water partition coefficient (Wildman–Crippen LogP) is -0.0443. The van der Waals surface area contributed by atoms with Gasteiger partial charge in [-0.15, -0.1) is 0 Å². The number of primary amides is 1. The van der Waals surface area contributed by atoms with E-state index in [4.69, 9.17) is 5.73 Å². The molecule has 0 aromatic rings. The van der Waals surface area contributed by atoms with Crippen molar-refractivity contribution in [2.24, 2.45) is 17.6 Å². The van der Waals surface area contributed by atoms with Gasteiger partial charge in [-0.1, -0.05) is 13.3 Å². The summed E-state index contributed by atoms with van der Waals surface area (Å²) in [5, 5.41) is 0. The number of carbonyl (C=O) groups excluding carboxylic acids is 2. The van der Waals surface area contributed by atoms with Crippen molar-refractivity contribution < 1.29 is 14.4 Å². The first-order chi connectivity index (χ1) is 6.61. The van der Waals surface area contributed by atoms with Gasteiger partial charge in [0.25, 0.3) is 0 Å². The molecule has 14 heavy (non-hydrogen) atoms. The molecule has 0 bridgehead atoms. The van der Waals surface area contributed by atoms with Gasteiger partial charge in [-0.2, -0.15) is 0 Å². The summed E-state index contributed by atoms with van der Waals surface area (Å²) < 4.78 is 0. The Kier molecular flexibility index (Phi) is 3.88. The zero-order valence-corrected chi connectivity index (χ0v) is 8.29. The Morgan fingerprint density at radius 1 is 1.50 bits per heavy atom. The van der Waals surface area contributed by atoms with E-state index in [1.807, 2.05) is 6.92 Å². The Hall–Kier alpha value is -1.10. The Bertz CT molecular complexity index is 230. The zero-order valence-electron chi connectivity index (χ0n) is 8.29. The molecule has 1 rings (SSSR count).